The second-order valence-corrected chi connectivity index (χ2v) is 4.22. The fourth-order valence-electron chi connectivity index (χ4n) is 1.28. The van der Waals surface area contributed by atoms with Gasteiger partial charge in [0.2, 0.25) is 0 Å². The SMILES string of the molecule is CC1/C=C\CCCOC(=O)C1(C)C. The van der Waals surface area contributed by atoms with Gasteiger partial charge in [-0.3, -0.25) is 4.79 Å². The molecule has 1 unspecified atom stereocenters. The first-order valence-corrected chi connectivity index (χ1v) is 4.89. The van der Waals surface area contributed by atoms with Gasteiger partial charge in [-0.1, -0.05) is 19.1 Å². The normalized spacial score (nSPS) is 31.0. The lowest BCUT2D eigenvalue weighted by molar-refractivity contribution is -0.155. The maximum atomic E-state index is 11.6. The fourth-order valence-corrected chi connectivity index (χ4v) is 1.28. The first-order chi connectivity index (χ1) is 6.05. The highest BCUT2D eigenvalue weighted by molar-refractivity contribution is 5.76. The lowest BCUT2D eigenvalue weighted by Crippen LogP contribution is -2.32. The third-order valence-electron chi connectivity index (χ3n) is 2.84. The Morgan fingerprint density at radius 3 is 2.92 bits per heavy atom. The van der Waals surface area contributed by atoms with E-state index in [1.807, 2.05) is 13.8 Å². The van der Waals surface area contributed by atoms with Gasteiger partial charge in [-0.05, 0) is 32.6 Å². The van der Waals surface area contributed by atoms with E-state index >= 15 is 0 Å². The highest BCUT2D eigenvalue weighted by Gasteiger charge is 2.34. The molecule has 2 heteroatoms. The molecule has 2 nitrogen and oxygen atoms in total. The molecule has 0 aromatic rings. The Bertz CT molecular complexity index is 216. The summed E-state index contributed by atoms with van der Waals surface area (Å²) in [5.74, 6) is 0.171. The maximum absolute atomic E-state index is 11.6. The number of carbonyl (C=O) groups excluding carboxylic acids is 1. The summed E-state index contributed by atoms with van der Waals surface area (Å²) in [5, 5.41) is 0. The van der Waals surface area contributed by atoms with Crippen molar-refractivity contribution >= 4 is 5.97 Å². The lowest BCUT2D eigenvalue weighted by atomic mass is 9.80. The summed E-state index contributed by atoms with van der Waals surface area (Å²) in [7, 11) is 0. The van der Waals surface area contributed by atoms with Crippen LogP contribution in [0.1, 0.15) is 33.6 Å². The molecule has 1 atom stereocenters. The Hall–Kier alpha value is -0.790. The number of allylic oxidation sites excluding steroid dienone is 2. The average Bonchev–Trinajstić information content (AvgIpc) is 2.12. The summed E-state index contributed by atoms with van der Waals surface area (Å²) >= 11 is 0. The molecule has 0 bridgehead atoms. The molecule has 0 aliphatic carbocycles. The van der Waals surface area contributed by atoms with E-state index in [0.29, 0.717) is 6.61 Å². The van der Waals surface area contributed by atoms with Gasteiger partial charge in [0.15, 0.2) is 0 Å². The maximum Gasteiger partial charge on any atom is 0.312 e. The van der Waals surface area contributed by atoms with E-state index < -0.39 is 0 Å². The summed E-state index contributed by atoms with van der Waals surface area (Å²) in [6, 6.07) is 0. The van der Waals surface area contributed by atoms with Crippen LogP contribution in [0.15, 0.2) is 12.2 Å². The summed E-state index contributed by atoms with van der Waals surface area (Å²) in [4.78, 5) is 11.6. The van der Waals surface area contributed by atoms with Crippen molar-refractivity contribution in [2.24, 2.45) is 11.3 Å². The van der Waals surface area contributed by atoms with Crippen molar-refractivity contribution in [3.8, 4) is 0 Å². The number of carbonyl (C=O) groups is 1. The van der Waals surface area contributed by atoms with Crippen molar-refractivity contribution in [3.05, 3.63) is 12.2 Å². The van der Waals surface area contributed by atoms with Crippen molar-refractivity contribution in [3.63, 3.8) is 0 Å². The Balaban J connectivity index is 2.80. The van der Waals surface area contributed by atoms with Crippen molar-refractivity contribution < 1.29 is 9.53 Å². The minimum absolute atomic E-state index is 0.0773. The van der Waals surface area contributed by atoms with E-state index in [0.717, 1.165) is 12.8 Å². The van der Waals surface area contributed by atoms with Crippen LogP contribution in [0.2, 0.25) is 0 Å². The monoisotopic (exact) mass is 182 g/mol. The molecule has 1 rings (SSSR count). The van der Waals surface area contributed by atoms with Gasteiger partial charge in [-0.2, -0.15) is 0 Å². The number of ether oxygens (including phenoxy) is 1. The number of rotatable bonds is 0. The Morgan fingerprint density at radius 2 is 2.23 bits per heavy atom. The average molecular weight is 182 g/mol. The molecule has 13 heavy (non-hydrogen) atoms. The van der Waals surface area contributed by atoms with Crippen LogP contribution in [0.3, 0.4) is 0 Å². The molecule has 0 aromatic heterocycles. The number of hydrogen-bond donors (Lipinski definition) is 0. The minimum Gasteiger partial charge on any atom is -0.465 e. The van der Waals surface area contributed by atoms with Gasteiger partial charge in [0.1, 0.15) is 0 Å². The lowest BCUT2D eigenvalue weighted by Gasteiger charge is -2.26. The molecule has 74 valence electrons. The van der Waals surface area contributed by atoms with Gasteiger partial charge < -0.3 is 4.74 Å². The minimum atomic E-state index is -0.388. The smallest absolute Gasteiger partial charge is 0.312 e. The van der Waals surface area contributed by atoms with Crippen LogP contribution in [0.25, 0.3) is 0 Å². The zero-order valence-corrected chi connectivity index (χ0v) is 8.67. The van der Waals surface area contributed by atoms with E-state index in [-0.39, 0.29) is 17.3 Å². The molecule has 0 aromatic carbocycles. The van der Waals surface area contributed by atoms with Crippen LogP contribution in [0, 0.1) is 11.3 Å². The molecule has 0 saturated carbocycles. The van der Waals surface area contributed by atoms with E-state index in [4.69, 9.17) is 4.74 Å². The largest absolute Gasteiger partial charge is 0.465 e. The van der Waals surface area contributed by atoms with Crippen LogP contribution in [-0.4, -0.2) is 12.6 Å². The van der Waals surface area contributed by atoms with Crippen molar-refractivity contribution in [1.29, 1.82) is 0 Å². The summed E-state index contributed by atoms with van der Waals surface area (Å²) in [6.07, 6.45) is 6.21. The standard InChI is InChI=1S/C11H18O2/c1-9-7-5-4-6-8-13-10(12)11(9,2)3/h5,7,9H,4,6,8H2,1-3H3/b7-5-. The van der Waals surface area contributed by atoms with Gasteiger partial charge in [-0.25, -0.2) is 0 Å². The third kappa shape index (κ3) is 2.33. The Morgan fingerprint density at radius 1 is 1.54 bits per heavy atom. The Labute approximate surface area is 80.0 Å². The fraction of sp³-hybridized carbons (Fsp3) is 0.727. The van der Waals surface area contributed by atoms with Crippen LogP contribution in [-0.2, 0) is 9.53 Å². The van der Waals surface area contributed by atoms with Crippen molar-refractivity contribution in [2.45, 2.75) is 33.6 Å². The van der Waals surface area contributed by atoms with E-state index in [1.54, 1.807) is 0 Å². The predicted octanol–water partition coefficient (Wildman–Crippen LogP) is 2.54. The number of esters is 1. The van der Waals surface area contributed by atoms with Gasteiger partial charge >= 0.3 is 5.97 Å². The number of cyclic esters (lactones) is 1. The quantitative estimate of drug-likeness (QED) is 0.425. The molecule has 0 radical (unpaired) electrons. The summed E-state index contributed by atoms with van der Waals surface area (Å²) < 4.78 is 5.17. The highest BCUT2D eigenvalue weighted by Crippen LogP contribution is 2.30. The second kappa shape index (κ2) is 3.95. The van der Waals surface area contributed by atoms with Crippen molar-refractivity contribution in [2.75, 3.05) is 6.61 Å². The van der Waals surface area contributed by atoms with E-state index in [2.05, 4.69) is 19.1 Å². The molecule has 1 aliphatic heterocycles. The predicted molar refractivity (Wildman–Crippen MR) is 52.3 cm³/mol. The Kier molecular flexibility index (Phi) is 3.12. The zero-order valence-electron chi connectivity index (χ0n) is 8.67. The van der Waals surface area contributed by atoms with Crippen LogP contribution >= 0.6 is 0 Å². The summed E-state index contributed by atoms with van der Waals surface area (Å²) in [6.45, 7) is 6.49. The number of hydrogen-bond acceptors (Lipinski definition) is 2. The highest BCUT2D eigenvalue weighted by atomic mass is 16.5. The summed E-state index contributed by atoms with van der Waals surface area (Å²) in [5.41, 5.74) is -0.388. The van der Waals surface area contributed by atoms with Gasteiger partial charge in [0.25, 0.3) is 0 Å². The molecule has 0 saturated heterocycles. The van der Waals surface area contributed by atoms with E-state index in [1.165, 1.54) is 0 Å². The van der Waals surface area contributed by atoms with Gasteiger partial charge in [0.05, 0.1) is 12.0 Å². The van der Waals surface area contributed by atoms with Crippen LogP contribution in [0.4, 0.5) is 0 Å². The first kappa shape index (κ1) is 10.3. The zero-order chi connectivity index (χ0) is 9.90. The van der Waals surface area contributed by atoms with Crippen LogP contribution < -0.4 is 0 Å². The van der Waals surface area contributed by atoms with Gasteiger partial charge in [-0.15, -0.1) is 0 Å². The van der Waals surface area contributed by atoms with Gasteiger partial charge in [0, 0.05) is 0 Å². The molecule has 0 spiro atoms. The molecule has 1 heterocycles. The molecular formula is C11H18O2. The van der Waals surface area contributed by atoms with E-state index in [9.17, 15) is 4.79 Å². The molecular weight excluding hydrogens is 164 g/mol. The molecule has 1 aliphatic rings. The molecule has 0 amide bonds. The molecule has 0 fully saturated rings. The van der Waals surface area contributed by atoms with Crippen LogP contribution in [0.5, 0.6) is 0 Å². The third-order valence-corrected chi connectivity index (χ3v) is 2.84. The second-order valence-electron chi connectivity index (χ2n) is 4.22. The topological polar surface area (TPSA) is 26.3 Å². The first-order valence-electron chi connectivity index (χ1n) is 4.89. The molecule has 0 N–H and O–H groups in total. The van der Waals surface area contributed by atoms with Crippen molar-refractivity contribution in [1.82, 2.24) is 0 Å².